The van der Waals surface area contributed by atoms with Crippen LogP contribution in [0.15, 0.2) is 29.3 Å². The summed E-state index contributed by atoms with van der Waals surface area (Å²) < 4.78 is 44.6. The molecule has 1 aromatic carbocycles. The van der Waals surface area contributed by atoms with Crippen molar-refractivity contribution in [3.8, 4) is 0 Å². The Bertz CT molecular complexity index is 686. The minimum absolute atomic E-state index is 0.0674. The van der Waals surface area contributed by atoms with Crippen molar-refractivity contribution in [3.63, 3.8) is 0 Å². The summed E-state index contributed by atoms with van der Waals surface area (Å²) in [5.74, 6) is -2.37. The summed E-state index contributed by atoms with van der Waals surface area (Å²) in [5.41, 5.74) is -1.24. The molecule has 1 unspecified atom stereocenters. The molecule has 0 spiro atoms. The highest BCUT2D eigenvalue weighted by Crippen LogP contribution is 2.38. The van der Waals surface area contributed by atoms with Crippen LogP contribution in [0.5, 0.6) is 0 Å². The molecule has 0 fully saturated rings. The number of hydrogen-bond donors (Lipinski definition) is 0. The number of esters is 1. The van der Waals surface area contributed by atoms with E-state index in [0.29, 0.717) is 0 Å². The predicted octanol–water partition coefficient (Wildman–Crippen LogP) is 3.05. The molecule has 1 aliphatic heterocycles. The van der Waals surface area contributed by atoms with Crippen molar-refractivity contribution in [3.05, 3.63) is 45.5 Å². The first-order valence-corrected chi connectivity index (χ1v) is 7.18. The summed E-state index contributed by atoms with van der Waals surface area (Å²) in [6, 6.07) is 4.53. The van der Waals surface area contributed by atoms with E-state index in [4.69, 9.17) is 4.74 Å². The van der Waals surface area contributed by atoms with Gasteiger partial charge in [-0.05, 0) is 11.6 Å². The second-order valence-corrected chi connectivity index (χ2v) is 5.67. The highest BCUT2D eigenvalue weighted by Gasteiger charge is 2.42. The van der Waals surface area contributed by atoms with Crippen LogP contribution >= 0.6 is 0 Å². The van der Waals surface area contributed by atoms with Crippen LogP contribution in [-0.2, 0) is 15.7 Å². The van der Waals surface area contributed by atoms with Gasteiger partial charge >= 0.3 is 12.1 Å². The lowest BCUT2D eigenvalue weighted by molar-refractivity contribution is -0.485. The molecule has 0 saturated heterocycles. The number of nitro groups is 1. The Labute approximate surface area is 135 Å². The molecule has 24 heavy (non-hydrogen) atoms. The van der Waals surface area contributed by atoms with Gasteiger partial charge in [-0.3, -0.25) is 10.1 Å². The minimum Gasteiger partial charge on any atom is -0.434 e. The van der Waals surface area contributed by atoms with E-state index in [1.54, 1.807) is 13.8 Å². The highest BCUT2D eigenvalue weighted by molar-refractivity contribution is 6.38. The van der Waals surface area contributed by atoms with E-state index in [1.165, 1.54) is 12.1 Å². The Morgan fingerprint density at radius 1 is 1.33 bits per heavy atom. The monoisotopic (exact) mass is 344 g/mol. The van der Waals surface area contributed by atoms with Crippen LogP contribution < -0.4 is 0 Å². The zero-order chi connectivity index (χ0) is 18.1. The molecule has 0 radical (unpaired) electrons. The maximum atomic E-state index is 13.2. The average Bonchev–Trinajstić information content (AvgIpc) is 2.85. The van der Waals surface area contributed by atoms with Gasteiger partial charge < -0.3 is 4.74 Å². The molecule has 1 aliphatic rings. The Morgan fingerprint density at radius 3 is 2.46 bits per heavy atom. The van der Waals surface area contributed by atoms with E-state index < -0.39 is 41.3 Å². The lowest BCUT2D eigenvalue weighted by Crippen LogP contribution is -2.27. The number of hydrogen-bond acceptors (Lipinski definition) is 5. The van der Waals surface area contributed by atoms with Crippen LogP contribution in [0.3, 0.4) is 0 Å². The van der Waals surface area contributed by atoms with Crippen molar-refractivity contribution in [2.75, 3.05) is 6.54 Å². The normalized spacial score (nSPS) is 19.2. The smallest absolute Gasteiger partial charge is 0.416 e. The lowest BCUT2D eigenvalue weighted by Gasteiger charge is -2.21. The molecule has 0 aliphatic carbocycles. The van der Waals surface area contributed by atoms with E-state index in [2.05, 4.69) is 4.99 Å². The van der Waals surface area contributed by atoms with Crippen LogP contribution in [-0.4, -0.2) is 29.4 Å². The Kier molecular flexibility index (Phi) is 4.91. The Hall–Kier alpha value is -2.45. The second-order valence-electron chi connectivity index (χ2n) is 5.67. The summed E-state index contributed by atoms with van der Waals surface area (Å²) in [7, 11) is 0. The fourth-order valence-electron chi connectivity index (χ4n) is 2.52. The predicted molar refractivity (Wildman–Crippen MR) is 78.2 cm³/mol. The van der Waals surface area contributed by atoms with Gasteiger partial charge in [-0.25, -0.2) is 9.79 Å². The number of carbonyl (C=O) groups excluding carboxylic acids is 1. The molecule has 1 heterocycles. The molecule has 0 bridgehead atoms. The summed E-state index contributed by atoms with van der Waals surface area (Å²) in [6.07, 6.45) is -6.03. The Balaban J connectivity index is 2.49. The fraction of sp³-hybridized carbons (Fsp3) is 0.467. The van der Waals surface area contributed by atoms with Crippen molar-refractivity contribution in [2.45, 2.75) is 32.2 Å². The number of halogens is 3. The van der Waals surface area contributed by atoms with E-state index in [1.807, 2.05) is 0 Å². The maximum Gasteiger partial charge on any atom is 0.416 e. The number of ether oxygens (including phenoxy) is 1. The van der Waals surface area contributed by atoms with Crippen LogP contribution in [0.1, 0.15) is 30.9 Å². The zero-order valence-electron chi connectivity index (χ0n) is 12.9. The van der Waals surface area contributed by atoms with Gasteiger partial charge in [0, 0.05) is 10.8 Å². The van der Waals surface area contributed by atoms with Crippen LogP contribution in [0.4, 0.5) is 13.2 Å². The van der Waals surface area contributed by atoms with Crippen molar-refractivity contribution < 1.29 is 27.6 Å². The zero-order valence-corrected chi connectivity index (χ0v) is 12.9. The SMILES string of the molecule is CC(C)C1=NC([C@@H](C[N+](=O)[O-])c2ccccc2C(F)(F)F)OC1=O. The number of cyclic esters (lactones) is 1. The first kappa shape index (κ1) is 17.9. The molecule has 0 aromatic heterocycles. The fourth-order valence-corrected chi connectivity index (χ4v) is 2.52. The quantitative estimate of drug-likeness (QED) is 0.467. The molecule has 1 aromatic rings. The highest BCUT2D eigenvalue weighted by atomic mass is 19.4. The number of alkyl halides is 3. The third-order valence-corrected chi connectivity index (χ3v) is 3.61. The van der Waals surface area contributed by atoms with Gasteiger partial charge in [-0.15, -0.1) is 0 Å². The van der Waals surface area contributed by atoms with Gasteiger partial charge in [0.25, 0.3) is 0 Å². The number of nitrogens with zero attached hydrogens (tertiary/aromatic N) is 2. The molecule has 0 saturated carbocycles. The van der Waals surface area contributed by atoms with Gasteiger partial charge in [-0.1, -0.05) is 32.0 Å². The van der Waals surface area contributed by atoms with Crippen molar-refractivity contribution in [1.82, 2.24) is 0 Å². The van der Waals surface area contributed by atoms with Crippen LogP contribution in [0.2, 0.25) is 0 Å². The van der Waals surface area contributed by atoms with Gasteiger partial charge in [0.15, 0.2) is 0 Å². The first-order chi connectivity index (χ1) is 11.1. The third kappa shape index (κ3) is 3.72. The number of benzene rings is 1. The van der Waals surface area contributed by atoms with Gasteiger partial charge in [0.05, 0.1) is 5.56 Å². The number of rotatable bonds is 5. The molecule has 130 valence electrons. The first-order valence-electron chi connectivity index (χ1n) is 7.18. The molecule has 6 nitrogen and oxygen atoms in total. The van der Waals surface area contributed by atoms with E-state index >= 15 is 0 Å². The van der Waals surface area contributed by atoms with Gasteiger partial charge in [0.1, 0.15) is 11.6 Å². The summed E-state index contributed by atoms with van der Waals surface area (Å²) in [5, 5.41) is 10.9. The van der Waals surface area contributed by atoms with Gasteiger partial charge in [-0.2, -0.15) is 13.2 Å². The molecule has 0 N–H and O–H groups in total. The van der Waals surface area contributed by atoms with E-state index in [-0.39, 0.29) is 17.2 Å². The third-order valence-electron chi connectivity index (χ3n) is 3.61. The summed E-state index contributed by atoms with van der Waals surface area (Å²) in [6.45, 7) is 2.52. The van der Waals surface area contributed by atoms with E-state index in [9.17, 15) is 28.1 Å². The maximum absolute atomic E-state index is 13.2. The van der Waals surface area contributed by atoms with Crippen molar-refractivity contribution in [2.24, 2.45) is 10.9 Å². The molecule has 2 rings (SSSR count). The molecule has 9 heteroatoms. The topological polar surface area (TPSA) is 81.8 Å². The summed E-state index contributed by atoms with van der Waals surface area (Å²) in [4.78, 5) is 26.0. The van der Waals surface area contributed by atoms with Crippen LogP contribution in [0.25, 0.3) is 0 Å². The number of aliphatic imine (C=N–C) groups is 1. The molecular formula is C15H15F3N2O4. The lowest BCUT2D eigenvalue weighted by atomic mass is 9.92. The largest absolute Gasteiger partial charge is 0.434 e. The molecule has 0 amide bonds. The Morgan fingerprint density at radius 2 is 1.96 bits per heavy atom. The van der Waals surface area contributed by atoms with Crippen LogP contribution in [0, 0.1) is 16.0 Å². The van der Waals surface area contributed by atoms with Crippen molar-refractivity contribution in [1.29, 1.82) is 0 Å². The molecule has 2 atom stereocenters. The van der Waals surface area contributed by atoms with E-state index in [0.717, 1.165) is 12.1 Å². The van der Waals surface area contributed by atoms with Gasteiger partial charge in [0.2, 0.25) is 12.8 Å². The standard InChI is InChI=1S/C15H15F3N2O4/c1-8(2)12-14(21)24-13(19-12)10(7-20(22)23)9-5-3-4-6-11(9)15(16,17)18/h3-6,8,10,13H,7H2,1-2H3/t10-,13?/m0/s1. The average molecular weight is 344 g/mol. The summed E-state index contributed by atoms with van der Waals surface area (Å²) >= 11 is 0. The second kappa shape index (κ2) is 6.58. The number of carbonyl (C=O) groups is 1. The minimum atomic E-state index is -4.68. The molecular weight excluding hydrogens is 329 g/mol. The van der Waals surface area contributed by atoms with Crippen molar-refractivity contribution >= 4 is 11.7 Å².